The molecule has 0 aromatic rings. The maximum absolute atomic E-state index is 8.52. The average Bonchev–Trinajstić information content (AvgIpc) is 2.30. The molecule has 1 atom stereocenters. The van der Waals surface area contributed by atoms with E-state index >= 15 is 0 Å². The number of nitrogens with zero attached hydrogens (tertiary/aromatic N) is 2. The van der Waals surface area contributed by atoms with E-state index in [2.05, 4.69) is 24.8 Å². The first-order chi connectivity index (χ1) is 5.53. The summed E-state index contributed by atoms with van der Waals surface area (Å²) >= 11 is 0. The fourth-order valence-electron chi connectivity index (χ4n) is 1.70. The van der Waals surface area contributed by atoms with Crippen LogP contribution in [0.1, 0.15) is 20.3 Å². The maximum Gasteiger partial charge on any atom is 0.106 e. The fourth-order valence-corrected chi connectivity index (χ4v) is 1.70. The lowest BCUT2D eigenvalue weighted by Gasteiger charge is -2.20. The molecular weight excluding hydrogens is 150 g/mol. The fraction of sp³-hybridized carbons (Fsp3) is 0.889. The van der Waals surface area contributed by atoms with Gasteiger partial charge in [0.25, 0.3) is 0 Å². The summed E-state index contributed by atoms with van der Waals surface area (Å²) in [7, 11) is 0. The molecule has 2 N–H and O–H groups in total. The van der Waals surface area contributed by atoms with Crippen LogP contribution in [-0.4, -0.2) is 30.6 Å². The summed E-state index contributed by atoms with van der Waals surface area (Å²) in [5.41, 5.74) is 5.95. The lowest BCUT2D eigenvalue weighted by Crippen LogP contribution is -2.35. The highest BCUT2D eigenvalue weighted by Crippen LogP contribution is 2.28. The molecule has 0 aliphatic carbocycles. The van der Waals surface area contributed by atoms with Crippen molar-refractivity contribution in [2.75, 3.05) is 19.6 Å². The Balaban J connectivity index is 2.34. The average molecular weight is 167 g/mol. The summed E-state index contributed by atoms with van der Waals surface area (Å²) in [5, 5.41) is 8.52. The molecule has 0 aromatic carbocycles. The third kappa shape index (κ3) is 2.47. The molecular formula is C9H17N3. The zero-order valence-electron chi connectivity index (χ0n) is 7.88. The van der Waals surface area contributed by atoms with E-state index in [9.17, 15) is 0 Å². The second-order valence-corrected chi connectivity index (χ2v) is 4.38. The number of hydrogen-bond donors (Lipinski definition) is 1. The molecule has 0 radical (unpaired) electrons. The van der Waals surface area contributed by atoms with Gasteiger partial charge < -0.3 is 10.6 Å². The smallest absolute Gasteiger partial charge is 0.106 e. The van der Waals surface area contributed by atoms with Crippen molar-refractivity contribution in [3.05, 3.63) is 0 Å². The number of nitriles is 1. The topological polar surface area (TPSA) is 53.0 Å². The van der Waals surface area contributed by atoms with E-state index in [4.69, 9.17) is 11.0 Å². The van der Waals surface area contributed by atoms with Crippen LogP contribution in [0.4, 0.5) is 0 Å². The monoisotopic (exact) mass is 167 g/mol. The van der Waals surface area contributed by atoms with E-state index in [1.165, 1.54) is 6.42 Å². The number of hydrogen-bond acceptors (Lipinski definition) is 3. The molecule has 1 unspecified atom stereocenters. The summed E-state index contributed by atoms with van der Waals surface area (Å²) < 4.78 is 0. The first-order valence-corrected chi connectivity index (χ1v) is 4.41. The summed E-state index contributed by atoms with van der Waals surface area (Å²) in [4.78, 5) is 2.27. The molecule has 1 fully saturated rings. The summed E-state index contributed by atoms with van der Waals surface area (Å²) in [5.74, 6) is 0. The minimum absolute atomic E-state index is 0.320. The van der Waals surface area contributed by atoms with E-state index in [0.29, 0.717) is 5.41 Å². The highest BCUT2D eigenvalue weighted by atomic mass is 15.2. The lowest BCUT2D eigenvalue weighted by molar-refractivity contribution is 0.287. The van der Waals surface area contributed by atoms with Gasteiger partial charge in [0.15, 0.2) is 0 Å². The number of nitrogens with two attached hydrogens (primary N) is 1. The Morgan fingerprint density at radius 3 is 2.75 bits per heavy atom. The maximum atomic E-state index is 8.52. The molecule has 1 rings (SSSR count). The van der Waals surface area contributed by atoms with Crippen molar-refractivity contribution in [1.29, 1.82) is 5.26 Å². The van der Waals surface area contributed by atoms with Crippen LogP contribution >= 0.6 is 0 Å². The summed E-state index contributed by atoms with van der Waals surface area (Å²) in [6.07, 6.45) is 1.21. The van der Waals surface area contributed by atoms with Crippen molar-refractivity contribution in [1.82, 2.24) is 4.90 Å². The van der Waals surface area contributed by atoms with E-state index in [-0.39, 0.29) is 6.04 Å². The predicted octanol–water partition coefficient (Wildman–Crippen LogP) is 0.569. The zero-order valence-corrected chi connectivity index (χ0v) is 7.88. The van der Waals surface area contributed by atoms with Gasteiger partial charge in [0.2, 0.25) is 0 Å². The van der Waals surface area contributed by atoms with Crippen LogP contribution in [0.2, 0.25) is 0 Å². The molecule has 1 aliphatic rings. The predicted molar refractivity (Wildman–Crippen MR) is 48.4 cm³/mol. The Bertz CT molecular complexity index is 192. The van der Waals surface area contributed by atoms with Crippen LogP contribution in [-0.2, 0) is 0 Å². The van der Waals surface area contributed by atoms with Crippen molar-refractivity contribution in [2.45, 2.75) is 26.3 Å². The van der Waals surface area contributed by atoms with E-state index in [1.807, 2.05) is 0 Å². The highest BCUT2D eigenvalue weighted by molar-refractivity contribution is 4.92. The third-order valence-corrected chi connectivity index (χ3v) is 2.38. The standard InChI is InChI=1S/C9H17N3/c1-9(2)3-4-12(7-9)6-8(11)5-10/h8H,3-4,6-7,11H2,1-2H3. The summed E-state index contributed by atoms with van der Waals surface area (Å²) in [6, 6.07) is 1.73. The highest BCUT2D eigenvalue weighted by Gasteiger charge is 2.29. The van der Waals surface area contributed by atoms with Gasteiger partial charge in [-0.15, -0.1) is 0 Å². The van der Waals surface area contributed by atoms with Gasteiger partial charge in [-0.2, -0.15) is 5.26 Å². The Labute approximate surface area is 74.1 Å². The van der Waals surface area contributed by atoms with Crippen molar-refractivity contribution >= 4 is 0 Å². The molecule has 0 saturated carbocycles. The van der Waals surface area contributed by atoms with Crippen molar-refractivity contribution in [3.8, 4) is 6.07 Å². The number of likely N-dealkylation sites (tertiary alicyclic amines) is 1. The van der Waals surface area contributed by atoms with E-state index in [0.717, 1.165) is 19.6 Å². The van der Waals surface area contributed by atoms with Crippen LogP contribution in [0.25, 0.3) is 0 Å². The Hall–Kier alpha value is -0.590. The largest absolute Gasteiger partial charge is 0.315 e. The van der Waals surface area contributed by atoms with Crippen LogP contribution in [0, 0.1) is 16.7 Å². The second kappa shape index (κ2) is 3.42. The molecule has 0 amide bonds. The van der Waals surface area contributed by atoms with Gasteiger partial charge in [0.05, 0.1) is 6.07 Å². The minimum atomic E-state index is -0.320. The minimum Gasteiger partial charge on any atom is -0.315 e. The van der Waals surface area contributed by atoms with Crippen LogP contribution in [0.5, 0.6) is 0 Å². The molecule has 1 heterocycles. The van der Waals surface area contributed by atoms with Crippen molar-refractivity contribution in [2.24, 2.45) is 11.1 Å². The van der Waals surface area contributed by atoms with Crippen molar-refractivity contribution < 1.29 is 0 Å². The molecule has 3 nitrogen and oxygen atoms in total. The second-order valence-electron chi connectivity index (χ2n) is 4.38. The quantitative estimate of drug-likeness (QED) is 0.654. The van der Waals surface area contributed by atoms with Gasteiger partial charge in [0, 0.05) is 13.1 Å². The Morgan fingerprint density at radius 2 is 2.33 bits per heavy atom. The van der Waals surface area contributed by atoms with Gasteiger partial charge in [-0.05, 0) is 18.4 Å². The molecule has 12 heavy (non-hydrogen) atoms. The zero-order chi connectivity index (χ0) is 9.19. The van der Waals surface area contributed by atoms with Gasteiger partial charge in [-0.1, -0.05) is 13.8 Å². The normalized spacial score (nSPS) is 25.2. The number of rotatable bonds is 2. The van der Waals surface area contributed by atoms with Crippen LogP contribution in [0.15, 0.2) is 0 Å². The first-order valence-electron chi connectivity index (χ1n) is 4.41. The molecule has 3 heteroatoms. The summed E-state index contributed by atoms with van der Waals surface area (Å²) in [6.45, 7) is 7.39. The van der Waals surface area contributed by atoms with Crippen molar-refractivity contribution in [3.63, 3.8) is 0 Å². The Kier molecular flexibility index (Phi) is 2.71. The van der Waals surface area contributed by atoms with Gasteiger partial charge in [0.1, 0.15) is 6.04 Å². The third-order valence-electron chi connectivity index (χ3n) is 2.38. The molecule has 0 spiro atoms. The van der Waals surface area contributed by atoms with E-state index in [1.54, 1.807) is 0 Å². The SMILES string of the molecule is CC1(C)CCN(CC(N)C#N)C1. The van der Waals surface area contributed by atoms with Crippen LogP contribution in [0.3, 0.4) is 0 Å². The molecule has 0 aromatic heterocycles. The van der Waals surface area contributed by atoms with Gasteiger partial charge in [-0.25, -0.2) is 0 Å². The molecule has 1 saturated heterocycles. The van der Waals surface area contributed by atoms with Gasteiger partial charge in [-0.3, -0.25) is 0 Å². The first kappa shape index (κ1) is 9.50. The molecule has 1 aliphatic heterocycles. The van der Waals surface area contributed by atoms with E-state index < -0.39 is 0 Å². The lowest BCUT2D eigenvalue weighted by atomic mass is 9.93. The van der Waals surface area contributed by atoms with Crippen LogP contribution < -0.4 is 5.73 Å². The van der Waals surface area contributed by atoms with Gasteiger partial charge >= 0.3 is 0 Å². The molecule has 68 valence electrons. The molecule has 0 bridgehead atoms. The Morgan fingerprint density at radius 1 is 1.67 bits per heavy atom.